The van der Waals surface area contributed by atoms with Crippen molar-refractivity contribution in [2.75, 3.05) is 0 Å². The van der Waals surface area contributed by atoms with Crippen LogP contribution in [-0.2, 0) is 6.42 Å². The van der Waals surface area contributed by atoms with E-state index in [9.17, 15) is 0 Å². The van der Waals surface area contributed by atoms with Gasteiger partial charge in [-0.05, 0) is 117 Å². The summed E-state index contributed by atoms with van der Waals surface area (Å²) in [6.07, 6.45) is 2.87. The van der Waals surface area contributed by atoms with Gasteiger partial charge in [-0.25, -0.2) is 4.99 Å². The third kappa shape index (κ3) is 6.89. The van der Waals surface area contributed by atoms with Gasteiger partial charge in [0.05, 0.1) is 11.4 Å². The quantitative estimate of drug-likeness (QED) is 0.152. The van der Waals surface area contributed by atoms with Gasteiger partial charge in [-0.3, -0.25) is 0 Å². The summed E-state index contributed by atoms with van der Waals surface area (Å²) in [6, 6.07) is 53.4. The van der Waals surface area contributed by atoms with Crippen molar-refractivity contribution >= 4 is 27.9 Å². The number of rotatable bonds is 9. The molecule has 52 heavy (non-hydrogen) atoms. The van der Waals surface area contributed by atoms with Gasteiger partial charge in [-0.2, -0.15) is 0 Å². The van der Waals surface area contributed by atoms with E-state index in [0.29, 0.717) is 11.4 Å². The first-order chi connectivity index (χ1) is 25.3. The van der Waals surface area contributed by atoms with Crippen molar-refractivity contribution in [3.8, 4) is 33.4 Å². The molecule has 0 unspecified atom stereocenters. The number of allylic oxidation sites excluding steroid dienone is 1. The Morgan fingerprint density at radius 1 is 0.577 bits per heavy atom. The number of aliphatic imine (C=N–C) groups is 1. The van der Waals surface area contributed by atoms with E-state index in [2.05, 4.69) is 137 Å². The Labute approximate surface area is 308 Å². The highest BCUT2D eigenvalue weighted by molar-refractivity contribution is 6.14. The van der Waals surface area contributed by atoms with Crippen LogP contribution in [0.3, 0.4) is 0 Å². The molecule has 0 aliphatic carbocycles. The number of fused-ring (bicyclic) bond motifs is 1. The van der Waals surface area contributed by atoms with Crippen LogP contribution in [0.4, 0.5) is 0 Å². The molecule has 0 saturated carbocycles. The number of benzene rings is 7. The van der Waals surface area contributed by atoms with Crippen LogP contribution in [-0.4, -0.2) is 5.71 Å². The first-order valence-electron chi connectivity index (χ1n) is 18.0. The number of nitrogens with two attached hydrogens (primary N) is 1. The molecule has 0 heterocycles. The predicted molar refractivity (Wildman–Crippen MR) is 224 cm³/mol. The van der Waals surface area contributed by atoms with E-state index in [1.807, 2.05) is 54.6 Å². The van der Waals surface area contributed by atoms with Crippen LogP contribution in [0, 0.1) is 20.8 Å². The van der Waals surface area contributed by atoms with Crippen molar-refractivity contribution in [3.05, 3.63) is 203 Å². The third-order valence-electron chi connectivity index (χ3n) is 10.2. The van der Waals surface area contributed by atoms with Gasteiger partial charge in [-0.15, -0.1) is 0 Å². The third-order valence-corrected chi connectivity index (χ3v) is 10.2. The molecule has 0 aromatic heterocycles. The molecule has 254 valence electrons. The SMILES string of the molecule is C=C(N=C(/C=C(\N)c1ccccc1)c1ccccc1)c1ccc(C)c(-c2cc3c(C)c(-c4cccc(-c5ccccc5)c4C)ccc3cc2CC)c1. The largest absolute Gasteiger partial charge is 0.398 e. The Hall–Kier alpha value is -6.25. The average molecular weight is 673 g/mol. The van der Waals surface area contributed by atoms with Crippen LogP contribution in [0.25, 0.3) is 55.5 Å². The first kappa shape index (κ1) is 34.2. The highest BCUT2D eigenvalue weighted by Crippen LogP contribution is 2.39. The maximum atomic E-state index is 6.60. The lowest BCUT2D eigenvalue weighted by Crippen LogP contribution is -2.04. The molecular weight excluding hydrogens is 629 g/mol. The molecule has 0 bridgehead atoms. The summed E-state index contributed by atoms with van der Waals surface area (Å²) >= 11 is 0. The summed E-state index contributed by atoms with van der Waals surface area (Å²) < 4.78 is 0. The Kier molecular flexibility index (Phi) is 9.82. The Morgan fingerprint density at radius 3 is 1.90 bits per heavy atom. The molecule has 0 spiro atoms. The van der Waals surface area contributed by atoms with Gasteiger partial charge in [0.25, 0.3) is 0 Å². The highest BCUT2D eigenvalue weighted by atomic mass is 14.8. The second kappa shape index (κ2) is 14.9. The van der Waals surface area contributed by atoms with Crippen molar-refractivity contribution in [1.29, 1.82) is 0 Å². The molecule has 0 amide bonds. The zero-order valence-electron chi connectivity index (χ0n) is 30.4. The van der Waals surface area contributed by atoms with Crippen molar-refractivity contribution in [2.24, 2.45) is 10.7 Å². The first-order valence-corrected chi connectivity index (χ1v) is 18.0. The minimum atomic E-state index is 0.654. The van der Waals surface area contributed by atoms with Gasteiger partial charge in [0.15, 0.2) is 0 Å². The molecule has 7 aromatic rings. The molecule has 2 nitrogen and oxygen atoms in total. The van der Waals surface area contributed by atoms with Gasteiger partial charge in [0.1, 0.15) is 0 Å². The maximum absolute atomic E-state index is 6.60. The van der Waals surface area contributed by atoms with Crippen molar-refractivity contribution < 1.29 is 0 Å². The molecule has 0 saturated heterocycles. The molecule has 0 fully saturated rings. The lowest BCUT2D eigenvalue weighted by molar-refractivity contribution is 1.15. The zero-order chi connectivity index (χ0) is 36.2. The Bertz CT molecular complexity index is 2470. The van der Waals surface area contributed by atoms with Crippen molar-refractivity contribution in [3.63, 3.8) is 0 Å². The normalized spacial score (nSPS) is 11.9. The van der Waals surface area contributed by atoms with E-state index in [1.54, 1.807) is 0 Å². The van der Waals surface area contributed by atoms with Crippen LogP contribution in [0.2, 0.25) is 0 Å². The van der Waals surface area contributed by atoms with Crippen LogP contribution >= 0.6 is 0 Å². The van der Waals surface area contributed by atoms with Gasteiger partial charge in [0.2, 0.25) is 0 Å². The lowest BCUT2D eigenvalue weighted by atomic mass is 9.86. The van der Waals surface area contributed by atoms with E-state index >= 15 is 0 Å². The Balaban J connectivity index is 1.31. The highest BCUT2D eigenvalue weighted by Gasteiger charge is 2.16. The van der Waals surface area contributed by atoms with Crippen LogP contribution in [0.15, 0.2) is 169 Å². The van der Waals surface area contributed by atoms with E-state index in [4.69, 9.17) is 10.7 Å². The minimum absolute atomic E-state index is 0.654. The molecule has 2 N–H and O–H groups in total. The second-order valence-corrected chi connectivity index (χ2v) is 13.5. The summed E-state index contributed by atoms with van der Waals surface area (Å²) in [7, 11) is 0. The van der Waals surface area contributed by atoms with E-state index < -0.39 is 0 Å². The Morgan fingerprint density at radius 2 is 1.21 bits per heavy atom. The minimum Gasteiger partial charge on any atom is -0.398 e. The predicted octanol–water partition coefficient (Wildman–Crippen LogP) is 12.8. The summed E-state index contributed by atoms with van der Waals surface area (Å²) in [5, 5.41) is 2.53. The topological polar surface area (TPSA) is 38.4 Å². The number of nitrogens with zero attached hydrogens (tertiary/aromatic N) is 1. The fourth-order valence-electron chi connectivity index (χ4n) is 7.21. The fourth-order valence-corrected chi connectivity index (χ4v) is 7.21. The van der Waals surface area contributed by atoms with E-state index in [-0.39, 0.29) is 0 Å². The molecule has 2 heteroatoms. The van der Waals surface area contributed by atoms with Crippen LogP contribution < -0.4 is 5.73 Å². The number of hydrogen-bond acceptors (Lipinski definition) is 2. The molecule has 0 atom stereocenters. The zero-order valence-corrected chi connectivity index (χ0v) is 30.4. The lowest BCUT2D eigenvalue weighted by Gasteiger charge is -2.18. The van der Waals surface area contributed by atoms with Gasteiger partial charge in [0, 0.05) is 16.8 Å². The van der Waals surface area contributed by atoms with Gasteiger partial charge < -0.3 is 5.73 Å². The molecule has 0 aliphatic rings. The summed E-state index contributed by atoms with van der Waals surface area (Å²) in [6.45, 7) is 13.4. The van der Waals surface area contributed by atoms with Crippen molar-refractivity contribution in [2.45, 2.75) is 34.1 Å². The van der Waals surface area contributed by atoms with Gasteiger partial charge >= 0.3 is 0 Å². The smallest absolute Gasteiger partial charge is 0.0729 e. The monoisotopic (exact) mass is 672 g/mol. The maximum Gasteiger partial charge on any atom is 0.0729 e. The standard InChI is InChI=1S/C50H44N2/c1-6-37-29-42-27-28-45(44-24-16-23-43(34(44)3)38-17-10-7-11-18-38)35(4)47(42)31-48(37)46-30-41(26-25-33(46)2)36(5)52-50(40-21-14-9-15-22-40)32-49(51)39-19-12-8-13-20-39/h7-32H,5-6,51H2,1-4H3/b49-32-,52-50?. The molecule has 7 aromatic carbocycles. The summed E-state index contributed by atoms with van der Waals surface area (Å²) in [5.74, 6) is 0. The van der Waals surface area contributed by atoms with Gasteiger partial charge in [-0.1, -0.05) is 153 Å². The molecular formula is C50H44N2. The van der Waals surface area contributed by atoms with Crippen molar-refractivity contribution in [1.82, 2.24) is 0 Å². The number of aryl methyl sites for hydroxylation is 3. The average Bonchev–Trinajstić information content (AvgIpc) is 3.19. The number of hydrogen-bond donors (Lipinski definition) is 1. The fraction of sp³-hybridized carbons (Fsp3) is 0.100. The van der Waals surface area contributed by atoms with Crippen LogP contribution in [0.5, 0.6) is 0 Å². The summed E-state index contributed by atoms with van der Waals surface area (Å²) in [5.41, 5.74) is 24.2. The van der Waals surface area contributed by atoms with E-state index in [1.165, 1.54) is 66.4 Å². The van der Waals surface area contributed by atoms with E-state index in [0.717, 1.165) is 28.8 Å². The molecule has 0 aliphatic heterocycles. The molecule has 7 rings (SSSR count). The van der Waals surface area contributed by atoms with Crippen LogP contribution in [0.1, 0.15) is 45.9 Å². The second-order valence-electron chi connectivity index (χ2n) is 13.5. The summed E-state index contributed by atoms with van der Waals surface area (Å²) in [4.78, 5) is 5.10. The molecule has 0 radical (unpaired) electrons.